The van der Waals surface area contributed by atoms with Crippen molar-refractivity contribution in [1.29, 1.82) is 5.26 Å². The molecule has 2 N–H and O–H groups in total. The molecule has 0 aromatic carbocycles. The van der Waals surface area contributed by atoms with Crippen LogP contribution in [0.3, 0.4) is 0 Å². The Labute approximate surface area is 125 Å². The first-order valence-electron chi connectivity index (χ1n) is 7.40. The molecule has 1 aromatic heterocycles. The summed E-state index contributed by atoms with van der Waals surface area (Å²) in [5, 5.41) is 21.6. The number of aliphatic carboxylic acids is 1. The Morgan fingerprint density at radius 1 is 1.52 bits per heavy atom. The molecule has 1 aromatic rings. The van der Waals surface area contributed by atoms with Crippen LogP contribution in [0.15, 0.2) is 6.07 Å². The van der Waals surface area contributed by atoms with Crippen LogP contribution >= 0.6 is 0 Å². The topological polar surface area (TPSA) is 86.0 Å². The van der Waals surface area contributed by atoms with Gasteiger partial charge in [-0.1, -0.05) is 6.92 Å². The van der Waals surface area contributed by atoms with Crippen molar-refractivity contribution in [2.75, 3.05) is 11.9 Å². The Morgan fingerprint density at radius 3 is 2.86 bits per heavy atom. The number of nitrogens with one attached hydrogen (secondary N) is 1. The van der Waals surface area contributed by atoms with Gasteiger partial charge in [-0.25, -0.2) is 4.98 Å². The number of carbonyl (C=O) groups is 1. The second-order valence-corrected chi connectivity index (χ2v) is 5.88. The lowest BCUT2D eigenvalue weighted by molar-refractivity contribution is -0.147. The van der Waals surface area contributed by atoms with Crippen LogP contribution in [0.5, 0.6) is 0 Å². The van der Waals surface area contributed by atoms with Gasteiger partial charge in [-0.2, -0.15) is 5.26 Å². The number of hydrogen-bond donors (Lipinski definition) is 2. The molecule has 2 rings (SSSR count). The first-order chi connectivity index (χ1) is 10.00. The van der Waals surface area contributed by atoms with Crippen LogP contribution in [0.4, 0.5) is 5.82 Å². The SMILES string of the molecule is CCC(C)(CNc1nc2c(cc1C#N)CCCC2)C(=O)O. The monoisotopic (exact) mass is 287 g/mol. The maximum absolute atomic E-state index is 11.3. The maximum atomic E-state index is 11.3. The van der Waals surface area contributed by atoms with Gasteiger partial charge in [0.2, 0.25) is 0 Å². The smallest absolute Gasteiger partial charge is 0.311 e. The molecule has 5 nitrogen and oxygen atoms in total. The minimum Gasteiger partial charge on any atom is -0.481 e. The van der Waals surface area contributed by atoms with E-state index in [2.05, 4.69) is 16.4 Å². The van der Waals surface area contributed by atoms with Crippen molar-refractivity contribution < 1.29 is 9.90 Å². The zero-order chi connectivity index (χ0) is 15.5. The Hall–Kier alpha value is -2.09. The summed E-state index contributed by atoms with van der Waals surface area (Å²) < 4.78 is 0. The molecule has 0 saturated heterocycles. The molecule has 5 heteroatoms. The molecule has 1 aliphatic rings. The van der Waals surface area contributed by atoms with E-state index in [0.29, 0.717) is 17.8 Å². The quantitative estimate of drug-likeness (QED) is 0.869. The maximum Gasteiger partial charge on any atom is 0.311 e. The Kier molecular flexibility index (Phi) is 4.46. The third kappa shape index (κ3) is 3.15. The van der Waals surface area contributed by atoms with Crippen LogP contribution < -0.4 is 5.32 Å². The van der Waals surface area contributed by atoms with Gasteiger partial charge in [0.05, 0.1) is 11.0 Å². The van der Waals surface area contributed by atoms with Gasteiger partial charge >= 0.3 is 5.97 Å². The van der Waals surface area contributed by atoms with Gasteiger partial charge in [0, 0.05) is 12.2 Å². The molecule has 0 fully saturated rings. The van der Waals surface area contributed by atoms with Gasteiger partial charge in [-0.15, -0.1) is 0 Å². The summed E-state index contributed by atoms with van der Waals surface area (Å²) >= 11 is 0. The fourth-order valence-corrected chi connectivity index (χ4v) is 2.48. The van der Waals surface area contributed by atoms with E-state index in [9.17, 15) is 15.2 Å². The summed E-state index contributed by atoms with van der Waals surface area (Å²) in [4.78, 5) is 15.9. The molecule has 0 amide bonds. The zero-order valence-electron chi connectivity index (χ0n) is 12.6. The van der Waals surface area contributed by atoms with Gasteiger partial charge in [0.15, 0.2) is 0 Å². The van der Waals surface area contributed by atoms with Crippen LogP contribution in [0.2, 0.25) is 0 Å². The largest absolute Gasteiger partial charge is 0.481 e. The van der Waals surface area contributed by atoms with E-state index in [-0.39, 0.29) is 6.54 Å². The molecule has 1 aliphatic carbocycles. The number of aromatic nitrogens is 1. The highest BCUT2D eigenvalue weighted by Gasteiger charge is 2.31. The molecule has 112 valence electrons. The molecule has 0 bridgehead atoms. The lowest BCUT2D eigenvalue weighted by Gasteiger charge is -2.24. The van der Waals surface area contributed by atoms with Crippen molar-refractivity contribution in [2.45, 2.75) is 46.0 Å². The summed E-state index contributed by atoms with van der Waals surface area (Å²) in [6, 6.07) is 4.05. The molecule has 0 spiro atoms. The second-order valence-electron chi connectivity index (χ2n) is 5.88. The van der Waals surface area contributed by atoms with Crippen LogP contribution in [0.25, 0.3) is 0 Å². The summed E-state index contributed by atoms with van der Waals surface area (Å²) in [5.41, 5.74) is 1.83. The van der Waals surface area contributed by atoms with Crippen molar-refractivity contribution in [2.24, 2.45) is 5.41 Å². The Bertz CT molecular complexity index is 592. The molecule has 1 atom stereocenters. The third-order valence-corrected chi connectivity index (χ3v) is 4.36. The molecule has 0 radical (unpaired) electrons. The average Bonchev–Trinajstić information content (AvgIpc) is 2.51. The van der Waals surface area contributed by atoms with E-state index in [1.165, 1.54) is 0 Å². The molecule has 0 aliphatic heterocycles. The number of nitriles is 1. The van der Waals surface area contributed by atoms with Crippen molar-refractivity contribution >= 4 is 11.8 Å². The highest BCUT2D eigenvalue weighted by molar-refractivity contribution is 5.75. The number of anilines is 1. The van der Waals surface area contributed by atoms with Gasteiger partial charge < -0.3 is 10.4 Å². The van der Waals surface area contributed by atoms with Crippen molar-refractivity contribution in [3.05, 3.63) is 22.9 Å². The Morgan fingerprint density at radius 2 is 2.24 bits per heavy atom. The van der Waals surface area contributed by atoms with E-state index < -0.39 is 11.4 Å². The lowest BCUT2D eigenvalue weighted by atomic mass is 9.87. The van der Waals surface area contributed by atoms with Crippen molar-refractivity contribution in [3.8, 4) is 6.07 Å². The minimum atomic E-state index is -0.857. The summed E-state index contributed by atoms with van der Waals surface area (Å²) in [5.74, 6) is -0.326. The minimum absolute atomic E-state index is 0.263. The number of rotatable bonds is 5. The van der Waals surface area contributed by atoms with Crippen LogP contribution in [0.1, 0.15) is 49.9 Å². The van der Waals surface area contributed by atoms with E-state index in [1.54, 1.807) is 6.92 Å². The number of carboxylic acid groups (broad SMARTS) is 1. The summed E-state index contributed by atoms with van der Waals surface area (Å²) in [7, 11) is 0. The standard InChI is InChI=1S/C16H21N3O2/c1-3-16(2,15(20)21)10-18-14-12(9-17)8-11-6-4-5-7-13(11)19-14/h8H,3-7,10H2,1-2H3,(H,18,19)(H,20,21). The number of hydrogen-bond acceptors (Lipinski definition) is 4. The molecule has 21 heavy (non-hydrogen) atoms. The zero-order valence-corrected chi connectivity index (χ0v) is 12.6. The fraction of sp³-hybridized carbons (Fsp3) is 0.562. The number of pyridine rings is 1. The van der Waals surface area contributed by atoms with E-state index in [1.807, 2.05) is 13.0 Å². The highest BCUT2D eigenvalue weighted by Crippen LogP contribution is 2.26. The highest BCUT2D eigenvalue weighted by atomic mass is 16.4. The predicted octanol–water partition coefficient (Wildman–Crippen LogP) is 2.74. The number of fused-ring (bicyclic) bond motifs is 1. The Balaban J connectivity index is 2.24. The molecule has 1 heterocycles. The van der Waals surface area contributed by atoms with Crippen LogP contribution in [-0.4, -0.2) is 22.6 Å². The first kappa shape index (κ1) is 15.3. The molecular formula is C16H21N3O2. The van der Waals surface area contributed by atoms with E-state index >= 15 is 0 Å². The van der Waals surface area contributed by atoms with Crippen molar-refractivity contribution in [3.63, 3.8) is 0 Å². The summed E-state index contributed by atoms with van der Waals surface area (Å²) in [6.45, 7) is 3.81. The number of aryl methyl sites for hydroxylation is 2. The van der Waals surface area contributed by atoms with Gasteiger partial charge in [0.1, 0.15) is 11.9 Å². The molecule has 0 saturated carbocycles. The predicted molar refractivity (Wildman–Crippen MR) is 80.1 cm³/mol. The second kappa shape index (κ2) is 6.13. The molecule has 1 unspecified atom stereocenters. The normalized spacial score (nSPS) is 16.4. The van der Waals surface area contributed by atoms with Crippen LogP contribution in [-0.2, 0) is 17.6 Å². The van der Waals surface area contributed by atoms with E-state index in [0.717, 1.165) is 36.9 Å². The first-order valence-corrected chi connectivity index (χ1v) is 7.40. The fourth-order valence-electron chi connectivity index (χ4n) is 2.48. The summed E-state index contributed by atoms with van der Waals surface area (Å²) in [6.07, 6.45) is 4.67. The van der Waals surface area contributed by atoms with Gasteiger partial charge in [-0.05, 0) is 50.7 Å². The third-order valence-electron chi connectivity index (χ3n) is 4.36. The van der Waals surface area contributed by atoms with Crippen LogP contribution in [0, 0.1) is 16.7 Å². The number of carboxylic acids is 1. The van der Waals surface area contributed by atoms with Gasteiger partial charge in [0.25, 0.3) is 0 Å². The van der Waals surface area contributed by atoms with E-state index in [4.69, 9.17) is 0 Å². The number of nitrogens with zero attached hydrogens (tertiary/aromatic N) is 2. The van der Waals surface area contributed by atoms with Gasteiger partial charge in [-0.3, -0.25) is 4.79 Å². The lowest BCUT2D eigenvalue weighted by Crippen LogP contribution is -2.34. The average molecular weight is 287 g/mol. The molecular weight excluding hydrogens is 266 g/mol. The van der Waals surface area contributed by atoms with Crippen molar-refractivity contribution in [1.82, 2.24) is 4.98 Å².